The highest BCUT2D eigenvalue weighted by Gasteiger charge is 2.27. The van der Waals surface area contributed by atoms with E-state index in [1.54, 1.807) is 19.1 Å². The van der Waals surface area contributed by atoms with E-state index in [-0.39, 0.29) is 17.6 Å². The molecule has 0 amide bonds. The van der Waals surface area contributed by atoms with Gasteiger partial charge in [0.05, 0.1) is 11.1 Å². The lowest BCUT2D eigenvalue weighted by molar-refractivity contribution is 0.0281. The maximum absolute atomic E-state index is 13.1. The van der Waals surface area contributed by atoms with Gasteiger partial charge in [-0.3, -0.25) is 4.98 Å². The predicted octanol–water partition coefficient (Wildman–Crippen LogP) is 4.83. The van der Waals surface area contributed by atoms with Gasteiger partial charge in [0.25, 0.3) is 5.89 Å². The van der Waals surface area contributed by atoms with E-state index in [4.69, 9.17) is 14.1 Å². The molecule has 0 aliphatic heterocycles. The Labute approximate surface area is 171 Å². The lowest BCUT2D eigenvalue weighted by Gasteiger charge is -2.14. The number of aryl methyl sites for hydroxylation is 1. The number of hydrogen-bond donors (Lipinski definition) is 0. The van der Waals surface area contributed by atoms with Crippen molar-refractivity contribution in [1.29, 1.82) is 0 Å². The highest BCUT2D eigenvalue weighted by atomic mass is 19.1. The number of pyridine rings is 1. The summed E-state index contributed by atoms with van der Waals surface area (Å²) in [5.74, 6) is -0.362. The van der Waals surface area contributed by atoms with Gasteiger partial charge in [0.15, 0.2) is 6.10 Å². The molecule has 0 saturated carbocycles. The minimum Gasteiger partial charge on any atom is -0.449 e. The molecule has 0 fully saturated rings. The first-order valence-electron chi connectivity index (χ1n) is 9.81. The van der Waals surface area contributed by atoms with Gasteiger partial charge in [-0.1, -0.05) is 18.2 Å². The average molecular weight is 403 g/mol. The summed E-state index contributed by atoms with van der Waals surface area (Å²) in [6.07, 6.45) is 1.91. The van der Waals surface area contributed by atoms with Crippen molar-refractivity contribution in [2.75, 3.05) is 0 Å². The fourth-order valence-corrected chi connectivity index (χ4v) is 3.82. The Morgan fingerprint density at radius 3 is 2.73 bits per heavy atom. The van der Waals surface area contributed by atoms with Gasteiger partial charge in [-0.15, -0.1) is 10.2 Å². The molecule has 6 nitrogen and oxygen atoms in total. The number of esters is 1. The number of fused-ring (bicyclic) bond motifs is 2. The van der Waals surface area contributed by atoms with Gasteiger partial charge >= 0.3 is 5.97 Å². The van der Waals surface area contributed by atoms with Crippen LogP contribution in [0.25, 0.3) is 22.4 Å². The molecule has 1 atom stereocenters. The molecule has 5 rings (SSSR count). The second-order valence-corrected chi connectivity index (χ2v) is 7.28. The molecule has 2 aromatic heterocycles. The second-order valence-electron chi connectivity index (χ2n) is 7.28. The van der Waals surface area contributed by atoms with Gasteiger partial charge in [0.1, 0.15) is 5.82 Å². The molecule has 150 valence electrons. The number of rotatable bonds is 4. The number of ether oxygens (including phenoxy) is 1. The van der Waals surface area contributed by atoms with Crippen LogP contribution in [0.1, 0.15) is 47.0 Å². The first-order valence-corrected chi connectivity index (χ1v) is 9.81. The summed E-state index contributed by atoms with van der Waals surface area (Å²) < 4.78 is 24.5. The van der Waals surface area contributed by atoms with Crippen molar-refractivity contribution in [3.63, 3.8) is 0 Å². The number of carbonyl (C=O) groups is 1. The van der Waals surface area contributed by atoms with Crippen LogP contribution < -0.4 is 0 Å². The smallest absolute Gasteiger partial charge is 0.339 e. The van der Waals surface area contributed by atoms with Crippen LogP contribution in [0.2, 0.25) is 0 Å². The minimum atomic E-state index is -0.733. The largest absolute Gasteiger partial charge is 0.449 e. The summed E-state index contributed by atoms with van der Waals surface area (Å²) >= 11 is 0. The molecule has 2 aromatic carbocycles. The van der Waals surface area contributed by atoms with Crippen LogP contribution in [0.4, 0.5) is 4.39 Å². The zero-order valence-corrected chi connectivity index (χ0v) is 16.3. The van der Waals surface area contributed by atoms with Crippen LogP contribution in [0.5, 0.6) is 0 Å². The zero-order valence-electron chi connectivity index (χ0n) is 16.3. The molecular formula is C23H18FN3O3. The Balaban J connectivity index is 1.43. The number of aromatic nitrogens is 3. The number of nitrogens with zero attached hydrogens (tertiary/aromatic N) is 3. The Kier molecular flexibility index (Phi) is 4.50. The predicted molar refractivity (Wildman–Crippen MR) is 107 cm³/mol. The van der Waals surface area contributed by atoms with Crippen molar-refractivity contribution < 1.29 is 18.3 Å². The van der Waals surface area contributed by atoms with Gasteiger partial charge in [-0.25, -0.2) is 9.18 Å². The second kappa shape index (κ2) is 7.33. The number of halogens is 1. The van der Waals surface area contributed by atoms with E-state index in [0.29, 0.717) is 11.1 Å². The van der Waals surface area contributed by atoms with Crippen molar-refractivity contribution >= 4 is 16.9 Å². The summed E-state index contributed by atoms with van der Waals surface area (Å²) in [7, 11) is 0. The number of para-hydroxylation sites is 1. The molecule has 0 saturated heterocycles. The summed E-state index contributed by atoms with van der Waals surface area (Å²) in [6, 6.07) is 13.3. The van der Waals surface area contributed by atoms with Crippen LogP contribution in [-0.2, 0) is 17.6 Å². The fraction of sp³-hybridized carbons (Fsp3) is 0.217. The Bertz CT molecular complexity index is 1250. The van der Waals surface area contributed by atoms with Crippen molar-refractivity contribution in [3.05, 3.63) is 77.1 Å². The molecule has 1 aliphatic rings. The molecule has 0 unspecified atom stereocenters. The van der Waals surface area contributed by atoms with E-state index in [2.05, 4.69) is 10.2 Å². The van der Waals surface area contributed by atoms with Crippen molar-refractivity contribution in [1.82, 2.24) is 15.2 Å². The highest BCUT2D eigenvalue weighted by Crippen LogP contribution is 2.32. The fourth-order valence-electron chi connectivity index (χ4n) is 3.82. The van der Waals surface area contributed by atoms with Gasteiger partial charge in [-0.05, 0) is 62.1 Å². The molecule has 7 heteroatoms. The van der Waals surface area contributed by atoms with Crippen LogP contribution in [-0.4, -0.2) is 21.2 Å². The normalized spacial score (nSPS) is 13.9. The minimum absolute atomic E-state index is 0.178. The first-order chi connectivity index (χ1) is 14.6. The van der Waals surface area contributed by atoms with Gasteiger partial charge in [0, 0.05) is 16.6 Å². The van der Waals surface area contributed by atoms with Crippen LogP contribution in [0.3, 0.4) is 0 Å². The van der Waals surface area contributed by atoms with Gasteiger partial charge in [-0.2, -0.15) is 0 Å². The van der Waals surface area contributed by atoms with Gasteiger partial charge < -0.3 is 9.15 Å². The maximum atomic E-state index is 13.1. The third-order valence-corrected chi connectivity index (χ3v) is 5.29. The van der Waals surface area contributed by atoms with E-state index < -0.39 is 12.1 Å². The van der Waals surface area contributed by atoms with Crippen molar-refractivity contribution in [3.8, 4) is 11.5 Å². The lowest BCUT2D eigenvalue weighted by atomic mass is 10.0. The molecule has 2 heterocycles. The summed E-state index contributed by atoms with van der Waals surface area (Å²) in [6.45, 7) is 1.68. The molecular weight excluding hydrogens is 385 g/mol. The Morgan fingerprint density at radius 2 is 1.90 bits per heavy atom. The number of hydrogen-bond acceptors (Lipinski definition) is 6. The molecule has 0 bridgehead atoms. The quantitative estimate of drug-likeness (QED) is 0.454. The molecule has 0 spiro atoms. The number of benzene rings is 2. The van der Waals surface area contributed by atoms with Crippen LogP contribution >= 0.6 is 0 Å². The molecule has 30 heavy (non-hydrogen) atoms. The van der Waals surface area contributed by atoms with Crippen LogP contribution in [0, 0.1) is 5.82 Å². The maximum Gasteiger partial charge on any atom is 0.339 e. The topological polar surface area (TPSA) is 78.1 Å². The SMILES string of the molecule is C[C@@H](OC(=O)c1c2c(nc3ccccc13)CCC2)c1nnc(-c2ccc(F)cc2)o1. The first kappa shape index (κ1) is 18.4. The summed E-state index contributed by atoms with van der Waals surface area (Å²) in [5.41, 5.74) is 3.87. The zero-order chi connectivity index (χ0) is 20.7. The Morgan fingerprint density at radius 1 is 1.10 bits per heavy atom. The van der Waals surface area contributed by atoms with Crippen LogP contribution in [0.15, 0.2) is 52.9 Å². The van der Waals surface area contributed by atoms with Crippen molar-refractivity contribution in [2.24, 2.45) is 0 Å². The van der Waals surface area contributed by atoms with E-state index in [1.807, 2.05) is 24.3 Å². The van der Waals surface area contributed by atoms with Crippen molar-refractivity contribution in [2.45, 2.75) is 32.3 Å². The molecule has 0 radical (unpaired) electrons. The summed E-state index contributed by atoms with van der Waals surface area (Å²) in [4.78, 5) is 17.8. The van der Waals surface area contributed by atoms with E-state index in [0.717, 1.165) is 41.4 Å². The monoisotopic (exact) mass is 403 g/mol. The lowest BCUT2D eigenvalue weighted by Crippen LogP contribution is -2.13. The third kappa shape index (κ3) is 3.22. The molecule has 4 aromatic rings. The van der Waals surface area contributed by atoms with E-state index in [9.17, 15) is 9.18 Å². The average Bonchev–Trinajstić information content (AvgIpc) is 3.42. The number of carbonyl (C=O) groups excluding carboxylic acids is 1. The van der Waals surface area contributed by atoms with E-state index >= 15 is 0 Å². The van der Waals surface area contributed by atoms with Gasteiger partial charge in [0.2, 0.25) is 5.89 Å². The molecule has 0 N–H and O–H groups in total. The third-order valence-electron chi connectivity index (χ3n) is 5.29. The highest BCUT2D eigenvalue weighted by molar-refractivity contribution is 6.05. The summed E-state index contributed by atoms with van der Waals surface area (Å²) in [5, 5.41) is 8.77. The van der Waals surface area contributed by atoms with E-state index in [1.165, 1.54) is 12.1 Å². The Hall–Kier alpha value is -3.61. The standard InChI is InChI=1S/C23H18FN3O3/c1-13(21-26-27-22(30-21)14-9-11-15(24)12-10-14)29-23(28)20-16-5-2-3-7-18(16)25-19-8-4-6-17(19)20/h2-3,5,7,9-13H,4,6,8H2,1H3/t13-/m1/s1. The molecule has 1 aliphatic carbocycles.